The largest absolute Gasteiger partial charge is 0.347 e. The third-order valence-corrected chi connectivity index (χ3v) is 4.14. The summed E-state index contributed by atoms with van der Waals surface area (Å²) < 4.78 is 14.6. The molecular formula is C17H20FN3. The summed E-state index contributed by atoms with van der Waals surface area (Å²) in [6, 6.07) is 10.5. The summed E-state index contributed by atoms with van der Waals surface area (Å²) in [6.45, 7) is 2.76. The van der Waals surface area contributed by atoms with E-state index >= 15 is 0 Å². The lowest BCUT2D eigenvalue weighted by atomic mass is 9.95. The molecule has 3 nitrogen and oxygen atoms in total. The van der Waals surface area contributed by atoms with Crippen molar-refractivity contribution in [1.29, 1.82) is 0 Å². The standard InChI is InChI=1S/C17H20FN3/c1-2-14-16(18)17(20-12-19-14)21-11-7-6-10-15(21)13-8-4-3-5-9-13/h3-5,8-9,12,15H,2,6-7,10-11H2,1H3. The molecular weight excluding hydrogens is 265 g/mol. The molecule has 110 valence electrons. The van der Waals surface area contributed by atoms with Gasteiger partial charge in [-0.1, -0.05) is 37.3 Å². The Morgan fingerprint density at radius 3 is 2.76 bits per heavy atom. The van der Waals surface area contributed by atoms with Gasteiger partial charge in [0, 0.05) is 6.54 Å². The third-order valence-electron chi connectivity index (χ3n) is 4.14. The van der Waals surface area contributed by atoms with Crippen molar-refractivity contribution in [3.8, 4) is 0 Å². The van der Waals surface area contributed by atoms with Crippen LogP contribution < -0.4 is 4.90 Å². The van der Waals surface area contributed by atoms with Crippen LogP contribution in [0, 0.1) is 5.82 Å². The number of halogens is 1. The summed E-state index contributed by atoms with van der Waals surface area (Å²) in [6.07, 6.45) is 5.35. The van der Waals surface area contributed by atoms with Crippen molar-refractivity contribution in [3.05, 3.63) is 53.7 Å². The molecule has 1 aromatic carbocycles. The number of anilines is 1. The lowest BCUT2D eigenvalue weighted by Gasteiger charge is -2.37. The van der Waals surface area contributed by atoms with Crippen LogP contribution in [0.4, 0.5) is 10.2 Å². The Bertz CT molecular complexity index is 600. The number of aromatic nitrogens is 2. The van der Waals surface area contributed by atoms with E-state index in [9.17, 15) is 4.39 Å². The molecule has 2 aromatic rings. The maximum atomic E-state index is 14.6. The summed E-state index contributed by atoms with van der Waals surface area (Å²) in [5, 5.41) is 0. The Morgan fingerprint density at radius 2 is 2.00 bits per heavy atom. The molecule has 0 amide bonds. The van der Waals surface area contributed by atoms with E-state index in [0.717, 1.165) is 19.4 Å². The normalized spacial score (nSPS) is 18.8. The fourth-order valence-electron chi connectivity index (χ4n) is 3.05. The fraction of sp³-hybridized carbons (Fsp3) is 0.412. The van der Waals surface area contributed by atoms with Crippen LogP contribution in [0.15, 0.2) is 36.7 Å². The van der Waals surface area contributed by atoms with Crippen molar-refractivity contribution in [2.24, 2.45) is 0 Å². The summed E-state index contributed by atoms with van der Waals surface area (Å²) in [4.78, 5) is 10.4. The van der Waals surface area contributed by atoms with Gasteiger partial charge in [0.15, 0.2) is 11.6 Å². The zero-order chi connectivity index (χ0) is 14.7. The second kappa shape index (κ2) is 6.20. The molecule has 4 heteroatoms. The minimum absolute atomic E-state index is 0.203. The molecule has 0 saturated carbocycles. The summed E-state index contributed by atoms with van der Waals surface area (Å²) in [7, 11) is 0. The number of hydrogen-bond acceptors (Lipinski definition) is 3. The Labute approximate surface area is 124 Å². The maximum Gasteiger partial charge on any atom is 0.187 e. The third kappa shape index (κ3) is 2.75. The van der Waals surface area contributed by atoms with E-state index in [4.69, 9.17) is 0 Å². The molecule has 21 heavy (non-hydrogen) atoms. The van der Waals surface area contributed by atoms with E-state index in [1.807, 2.05) is 25.1 Å². The van der Waals surface area contributed by atoms with E-state index in [1.54, 1.807) is 0 Å². The number of nitrogens with zero attached hydrogens (tertiary/aromatic N) is 3. The number of rotatable bonds is 3. The summed E-state index contributed by atoms with van der Waals surface area (Å²) in [5.41, 5.74) is 1.73. The van der Waals surface area contributed by atoms with Gasteiger partial charge in [0.25, 0.3) is 0 Å². The van der Waals surface area contributed by atoms with Gasteiger partial charge in [-0.05, 0) is 31.2 Å². The first-order chi connectivity index (χ1) is 10.3. The van der Waals surface area contributed by atoms with Crippen LogP contribution in [0.2, 0.25) is 0 Å². The number of piperidine rings is 1. The fourth-order valence-corrected chi connectivity index (χ4v) is 3.05. The van der Waals surface area contributed by atoms with Gasteiger partial charge in [-0.15, -0.1) is 0 Å². The van der Waals surface area contributed by atoms with Crippen molar-refractivity contribution in [2.45, 2.75) is 38.6 Å². The van der Waals surface area contributed by atoms with Gasteiger partial charge in [0.2, 0.25) is 0 Å². The first-order valence-corrected chi connectivity index (χ1v) is 7.62. The Morgan fingerprint density at radius 1 is 1.19 bits per heavy atom. The molecule has 0 bridgehead atoms. The SMILES string of the molecule is CCc1ncnc(N2CCCCC2c2ccccc2)c1F. The predicted molar refractivity (Wildman–Crippen MR) is 81.7 cm³/mol. The van der Waals surface area contributed by atoms with Gasteiger partial charge >= 0.3 is 0 Å². The van der Waals surface area contributed by atoms with Crippen LogP contribution in [-0.2, 0) is 6.42 Å². The number of hydrogen-bond donors (Lipinski definition) is 0. The van der Waals surface area contributed by atoms with E-state index in [1.165, 1.54) is 18.3 Å². The molecule has 0 radical (unpaired) electrons. The molecule has 0 N–H and O–H groups in total. The highest BCUT2D eigenvalue weighted by atomic mass is 19.1. The van der Waals surface area contributed by atoms with Gasteiger partial charge in [-0.25, -0.2) is 14.4 Å². The van der Waals surface area contributed by atoms with Gasteiger partial charge in [0.1, 0.15) is 6.33 Å². The second-order valence-corrected chi connectivity index (χ2v) is 5.43. The lowest BCUT2D eigenvalue weighted by Crippen LogP contribution is -2.35. The first kappa shape index (κ1) is 14.0. The van der Waals surface area contributed by atoms with Crippen LogP contribution in [-0.4, -0.2) is 16.5 Å². The van der Waals surface area contributed by atoms with Gasteiger partial charge in [-0.3, -0.25) is 0 Å². The average Bonchev–Trinajstić information content (AvgIpc) is 2.56. The van der Waals surface area contributed by atoms with Crippen LogP contribution in [0.25, 0.3) is 0 Å². The van der Waals surface area contributed by atoms with E-state index in [-0.39, 0.29) is 11.9 Å². The van der Waals surface area contributed by atoms with Crippen molar-refractivity contribution < 1.29 is 4.39 Å². The Balaban J connectivity index is 1.99. The molecule has 1 aliphatic heterocycles. The molecule has 3 rings (SSSR count). The molecule has 1 unspecified atom stereocenters. The zero-order valence-electron chi connectivity index (χ0n) is 12.3. The minimum Gasteiger partial charge on any atom is -0.347 e. The number of aryl methyl sites for hydroxylation is 1. The first-order valence-electron chi connectivity index (χ1n) is 7.62. The molecule has 1 saturated heterocycles. The lowest BCUT2D eigenvalue weighted by molar-refractivity contribution is 0.457. The molecule has 1 aliphatic rings. The van der Waals surface area contributed by atoms with Gasteiger partial charge in [-0.2, -0.15) is 0 Å². The van der Waals surface area contributed by atoms with Crippen LogP contribution >= 0.6 is 0 Å². The highest BCUT2D eigenvalue weighted by Gasteiger charge is 2.27. The monoisotopic (exact) mass is 285 g/mol. The van der Waals surface area contributed by atoms with Crippen LogP contribution in [0.5, 0.6) is 0 Å². The average molecular weight is 285 g/mol. The zero-order valence-corrected chi connectivity index (χ0v) is 12.3. The second-order valence-electron chi connectivity index (χ2n) is 5.43. The predicted octanol–water partition coefficient (Wildman–Crippen LogP) is 3.91. The molecule has 1 aromatic heterocycles. The molecule has 0 spiro atoms. The van der Waals surface area contributed by atoms with Crippen molar-refractivity contribution in [1.82, 2.24) is 9.97 Å². The Hall–Kier alpha value is -1.97. The highest BCUT2D eigenvalue weighted by molar-refractivity contribution is 5.45. The van der Waals surface area contributed by atoms with E-state index in [2.05, 4.69) is 27.0 Å². The molecule has 0 aliphatic carbocycles. The van der Waals surface area contributed by atoms with Crippen LogP contribution in [0.1, 0.15) is 43.5 Å². The van der Waals surface area contributed by atoms with Crippen LogP contribution in [0.3, 0.4) is 0 Å². The van der Waals surface area contributed by atoms with Gasteiger partial charge in [0.05, 0.1) is 11.7 Å². The van der Waals surface area contributed by atoms with E-state index < -0.39 is 0 Å². The van der Waals surface area contributed by atoms with Crippen molar-refractivity contribution in [2.75, 3.05) is 11.4 Å². The molecule has 1 atom stereocenters. The van der Waals surface area contributed by atoms with Gasteiger partial charge < -0.3 is 4.90 Å². The minimum atomic E-state index is -0.261. The maximum absolute atomic E-state index is 14.6. The Kier molecular flexibility index (Phi) is 4.13. The quantitative estimate of drug-likeness (QED) is 0.856. The molecule has 2 heterocycles. The smallest absolute Gasteiger partial charge is 0.187 e. The summed E-state index contributed by atoms with van der Waals surface area (Å²) in [5.74, 6) is 0.193. The molecule has 1 fully saturated rings. The topological polar surface area (TPSA) is 29.0 Å². The summed E-state index contributed by atoms with van der Waals surface area (Å²) >= 11 is 0. The van der Waals surface area contributed by atoms with Crippen molar-refractivity contribution in [3.63, 3.8) is 0 Å². The van der Waals surface area contributed by atoms with E-state index in [0.29, 0.717) is 17.9 Å². The van der Waals surface area contributed by atoms with Crippen molar-refractivity contribution >= 4 is 5.82 Å². The highest BCUT2D eigenvalue weighted by Crippen LogP contribution is 2.35. The number of benzene rings is 1.